The van der Waals surface area contributed by atoms with E-state index in [1.165, 1.54) is 32.7 Å². The van der Waals surface area contributed by atoms with Crippen molar-refractivity contribution in [3.05, 3.63) is 0 Å². The predicted octanol–water partition coefficient (Wildman–Crippen LogP) is 2.30. The third-order valence-electron chi connectivity index (χ3n) is 3.77. The Morgan fingerprint density at radius 1 is 1.00 bits per heavy atom. The Morgan fingerprint density at radius 3 is 1.80 bits per heavy atom. The van der Waals surface area contributed by atoms with Gasteiger partial charge in [-0.15, -0.1) is 0 Å². The summed E-state index contributed by atoms with van der Waals surface area (Å²) in [4.78, 5) is 5.25. The normalized spacial score (nSPS) is 31.6. The molecule has 2 aliphatic heterocycles. The van der Waals surface area contributed by atoms with Crippen LogP contribution in [-0.2, 0) is 0 Å². The van der Waals surface area contributed by atoms with Gasteiger partial charge >= 0.3 is 0 Å². The van der Waals surface area contributed by atoms with Crippen molar-refractivity contribution in [3.63, 3.8) is 0 Å². The Morgan fingerprint density at radius 2 is 1.47 bits per heavy atom. The van der Waals surface area contributed by atoms with Gasteiger partial charge in [0.2, 0.25) is 0 Å². The van der Waals surface area contributed by atoms with Gasteiger partial charge in [0.15, 0.2) is 0 Å². The zero-order valence-corrected chi connectivity index (χ0v) is 11.2. The molecular weight excluding hydrogens is 184 g/mol. The first-order valence-electron chi connectivity index (χ1n) is 6.67. The summed E-state index contributed by atoms with van der Waals surface area (Å²) < 4.78 is 0. The topological polar surface area (TPSA) is 6.48 Å². The molecule has 2 rings (SSSR count). The molecule has 0 aromatic rings. The molecule has 2 aliphatic rings. The van der Waals surface area contributed by atoms with Crippen molar-refractivity contribution < 1.29 is 0 Å². The van der Waals surface area contributed by atoms with Gasteiger partial charge in [0.1, 0.15) is 0 Å². The van der Waals surface area contributed by atoms with Gasteiger partial charge in [-0.3, -0.25) is 0 Å². The van der Waals surface area contributed by atoms with Crippen LogP contribution in [0.4, 0.5) is 0 Å². The minimum atomic E-state index is 0.751. The maximum atomic E-state index is 2.64. The van der Waals surface area contributed by atoms with E-state index >= 15 is 0 Å². The molecular formula is C13H28N2. The van der Waals surface area contributed by atoms with Gasteiger partial charge in [0.05, 0.1) is 0 Å². The highest BCUT2D eigenvalue weighted by Crippen LogP contribution is 2.31. The van der Waals surface area contributed by atoms with Crippen molar-refractivity contribution in [1.29, 1.82) is 0 Å². The Bertz CT molecular complexity index is 165. The maximum absolute atomic E-state index is 2.64. The SMILES string of the molecule is CC.CCN1C[C@@H]2CN(C(C)C)C[C@@H]2C1. The lowest BCUT2D eigenvalue weighted by Gasteiger charge is -2.23. The fourth-order valence-corrected chi connectivity index (χ4v) is 2.81. The Labute approximate surface area is 95.6 Å². The number of hydrogen-bond acceptors (Lipinski definition) is 2. The standard InChI is InChI=1S/C11H22N2.C2H6/c1-4-12-5-10-7-13(9(2)3)8-11(10)6-12;1-2/h9-11H,4-8H2,1-3H3;1-2H3/t10-,11+;. The van der Waals surface area contributed by atoms with E-state index in [0.29, 0.717) is 0 Å². The van der Waals surface area contributed by atoms with E-state index in [-0.39, 0.29) is 0 Å². The van der Waals surface area contributed by atoms with Crippen molar-refractivity contribution in [2.24, 2.45) is 11.8 Å². The van der Waals surface area contributed by atoms with Crippen LogP contribution in [-0.4, -0.2) is 48.6 Å². The van der Waals surface area contributed by atoms with E-state index in [1.54, 1.807) is 0 Å². The lowest BCUT2D eigenvalue weighted by atomic mass is 10.0. The van der Waals surface area contributed by atoms with Gasteiger partial charge in [0, 0.05) is 32.2 Å². The fraction of sp³-hybridized carbons (Fsp3) is 1.00. The summed E-state index contributed by atoms with van der Waals surface area (Å²) in [5.41, 5.74) is 0. The minimum absolute atomic E-state index is 0.751. The molecule has 2 nitrogen and oxygen atoms in total. The number of fused-ring (bicyclic) bond motifs is 1. The monoisotopic (exact) mass is 212 g/mol. The van der Waals surface area contributed by atoms with Gasteiger partial charge < -0.3 is 9.80 Å². The first-order valence-corrected chi connectivity index (χ1v) is 6.67. The quantitative estimate of drug-likeness (QED) is 0.693. The van der Waals surface area contributed by atoms with Crippen LogP contribution in [0.2, 0.25) is 0 Å². The van der Waals surface area contributed by atoms with Gasteiger partial charge in [0.25, 0.3) is 0 Å². The molecule has 90 valence electrons. The second kappa shape index (κ2) is 5.86. The molecule has 0 N–H and O–H groups in total. The van der Waals surface area contributed by atoms with Crippen LogP contribution in [0.5, 0.6) is 0 Å². The van der Waals surface area contributed by atoms with Crippen molar-refractivity contribution in [3.8, 4) is 0 Å². The molecule has 2 fully saturated rings. The maximum Gasteiger partial charge on any atom is 0.00388 e. The van der Waals surface area contributed by atoms with E-state index in [1.807, 2.05) is 13.8 Å². The summed E-state index contributed by atoms with van der Waals surface area (Å²) in [6, 6.07) is 0.751. The highest BCUT2D eigenvalue weighted by atomic mass is 15.2. The molecule has 0 radical (unpaired) electrons. The minimum Gasteiger partial charge on any atom is -0.303 e. The zero-order valence-electron chi connectivity index (χ0n) is 11.2. The van der Waals surface area contributed by atoms with Crippen molar-refractivity contribution in [2.75, 3.05) is 32.7 Å². The van der Waals surface area contributed by atoms with Crippen LogP contribution >= 0.6 is 0 Å². The van der Waals surface area contributed by atoms with Gasteiger partial charge in [-0.1, -0.05) is 20.8 Å². The lowest BCUT2D eigenvalue weighted by Crippen LogP contribution is -2.33. The third-order valence-corrected chi connectivity index (χ3v) is 3.77. The molecule has 2 saturated heterocycles. The number of nitrogens with zero attached hydrogens (tertiary/aromatic N) is 2. The van der Waals surface area contributed by atoms with Crippen LogP contribution in [0, 0.1) is 11.8 Å². The molecule has 0 aliphatic carbocycles. The summed E-state index contributed by atoms with van der Waals surface area (Å²) in [6.45, 7) is 17.6. The molecule has 2 atom stereocenters. The highest BCUT2D eigenvalue weighted by molar-refractivity contribution is 4.93. The number of rotatable bonds is 2. The molecule has 2 heteroatoms. The van der Waals surface area contributed by atoms with E-state index < -0.39 is 0 Å². The molecule has 0 unspecified atom stereocenters. The van der Waals surface area contributed by atoms with E-state index in [2.05, 4.69) is 30.6 Å². The molecule has 0 aromatic carbocycles. The predicted molar refractivity (Wildman–Crippen MR) is 67.2 cm³/mol. The Balaban J connectivity index is 0.000000531. The lowest BCUT2D eigenvalue weighted by molar-refractivity contribution is 0.226. The Hall–Kier alpha value is -0.0800. The first kappa shape index (κ1) is 13.0. The molecule has 0 saturated carbocycles. The molecule has 0 bridgehead atoms. The summed E-state index contributed by atoms with van der Waals surface area (Å²) in [7, 11) is 0. The van der Waals surface area contributed by atoms with Crippen molar-refractivity contribution in [2.45, 2.75) is 40.7 Å². The summed E-state index contributed by atoms with van der Waals surface area (Å²) >= 11 is 0. The second-order valence-corrected chi connectivity index (χ2v) is 4.92. The van der Waals surface area contributed by atoms with Gasteiger partial charge in [-0.25, -0.2) is 0 Å². The molecule has 0 amide bonds. The first-order chi connectivity index (χ1) is 7.20. The second-order valence-electron chi connectivity index (χ2n) is 4.92. The van der Waals surface area contributed by atoms with Crippen LogP contribution in [0.25, 0.3) is 0 Å². The highest BCUT2D eigenvalue weighted by Gasteiger charge is 2.39. The average molecular weight is 212 g/mol. The Kier molecular flexibility index (Phi) is 5.07. The van der Waals surface area contributed by atoms with E-state index in [9.17, 15) is 0 Å². The van der Waals surface area contributed by atoms with Crippen molar-refractivity contribution >= 4 is 0 Å². The van der Waals surface area contributed by atoms with Gasteiger partial charge in [-0.2, -0.15) is 0 Å². The average Bonchev–Trinajstić information content (AvgIpc) is 2.77. The fourth-order valence-electron chi connectivity index (χ4n) is 2.81. The third kappa shape index (κ3) is 2.94. The largest absolute Gasteiger partial charge is 0.303 e. The van der Waals surface area contributed by atoms with E-state index in [0.717, 1.165) is 17.9 Å². The molecule has 15 heavy (non-hydrogen) atoms. The summed E-state index contributed by atoms with van der Waals surface area (Å²) in [5, 5.41) is 0. The molecule has 2 heterocycles. The van der Waals surface area contributed by atoms with Crippen LogP contribution in [0.15, 0.2) is 0 Å². The van der Waals surface area contributed by atoms with Crippen LogP contribution in [0.3, 0.4) is 0 Å². The van der Waals surface area contributed by atoms with Crippen LogP contribution in [0.1, 0.15) is 34.6 Å². The number of likely N-dealkylation sites (tertiary alicyclic amines) is 2. The van der Waals surface area contributed by atoms with E-state index in [4.69, 9.17) is 0 Å². The molecule has 0 aromatic heterocycles. The van der Waals surface area contributed by atoms with Gasteiger partial charge in [-0.05, 0) is 32.2 Å². The zero-order chi connectivity index (χ0) is 11.4. The number of hydrogen-bond donors (Lipinski definition) is 0. The summed E-state index contributed by atoms with van der Waals surface area (Å²) in [6.07, 6.45) is 0. The summed E-state index contributed by atoms with van der Waals surface area (Å²) in [5.74, 6) is 1.95. The van der Waals surface area contributed by atoms with Crippen LogP contribution < -0.4 is 0 Å². The smallest absolute Gasteiger partial charge is 0.00388 e. The molecule has 0 spiro atoms. The van der Waals surface area contributed by atoms with Crippen molar-refractivity contribution in [1.82, 2.24) is 9.80 Å².